The molecule has 0 aliphatic rings. The van der Waals surface area contributed by atoms with E-state index in [1.54, 1.807) is 18.2 Å². The summed E-state index contributed by atoms with van der Waals surface area (Å²) in [4.78, 5) is 28.9. The second kappa shape index (κ2) is 7.25. The first kappa shape index (κ1) is 18.1. The van der Waals surface area contributed by atoms with Gasteiger partial charge in [-0.15, -0.1) is 0 Å². The summed E-state index contributed by atoms with van der Waals surface area (Å²) in [6.07, 6.45) is -0.174. The summed E-state index contributed by atoms with van der Waals surface area (Å²) in [6, 6.07) is 10.9. The highest BCUT2D eigenvalue weighted by molar-refractivity contribution is 7.22. The van der Waals surface area contributed by atoms with Crippen LogP contribution in [0.25, 0.3) is 10.2 Å². The number of aromatic nitrogens is 1. The van der Waals surface area contributed by atoms with Gasteiger partial charge in [0, 0.05) is 5.56 Å². The molecule has 26 heavy (non-hydrogen) atoms. The van der Waals surface area contributed by atoms with E-state index in [4.69, 9.17) is 4.74 Å². The Morgan fingerprint density at radius 2 is 1.73 bits per heavy atom. The van der Waals surface area contributed by atoms with Crippen LogP contribution in [-0.2, 0) is 4.74 Å². The van der Waals surface area contributed by atoms with E-state index in [-0.39, 0.29) is 18.0 Å². The number of amides is 1. The molecule has 0 radical (unpaired) electrons. The summed E-state index contributed by atoms with van der Waals surface area (Å²) in [7, 11) is 0. The summed E-state index contributed by atoms with van der Waals surface area (Å²) in [5.74, 6) is -0.564. The van der Waals surface area contributed by atoms with Gasteiger partial charge in [0.1, 0.15) is 0 Å². The minimum atomic E-state index is -0.365. The van der Waals surface area contributed by atoms with Crippen LogP contribution in [0.15, 0.2) is 36.4 Å². The average molecular weight is 368 g/mol. The van der Waals surface area contributed by atoms with Crippen molar-refractivity contribution >= 4 is 38.6 Å². The smallest absolute Gasteiger partial charge is 0.338 e. The molecule has 6 heteroatoms. The van der Waals surface area contributed by atoms with E-state index < -0.39 is 0 Å². The van der Waals surface area contributed by atoms with E-state index in [9.17, 15) is 9.59 Å². The van der Waals surface area contributed by atoms with Crippen molar-refractivity contribution in [1.29, 1.82) is 0 Å². The van der Waals surface area contributed by atoms with Crippen LogP contribution in [0.2, 0.25) is 0 Å². The molecule has 1 aromatic heterocycles. The zero-order valence-corrected chi connectivity index (χ0v) is 15.9. The second-order valence-electron chi connectivity index (χ2n) is 6.49. The first-order valence-corrected chi connectivity index (χ1v) is 9.14. The van der Waals surface area contributed by atoms with Crippen LogP contribution in [0, 0.1) is 13.8 Å². The number of aryl methyl sites for hydroxylation is 2. The first-order valence-electron chi connectivity index (χ1n) is 8.33. The Kier molecular flexibility index (Phi) is 5.04. The monoisotopic (exact) mass is 368 g/mol. The van der Waals surface area contributed by atoms with Gasteiger partial charge in [0.25, 0.3) is 5.91 Å². The minimum Gasteiger partial charge on any atom is -0.459 e. The van der Waals surface area contributed by atoms with E-state index in [0.717, 1.165) is 21.3 Å². The number of benzene rings is 2. The van der Waals surface area contributed by atoms with Gasteiger partial charge >= 0.3 is 5.97 Å². The fourth-order valence-corrected chi connectivity index (χ4v) is 3.56. The van der Waals surface area contributed by atoms with E-state index in [0.29, 0.717) is 16.3 Å². The lowest BCUT2D eigenvalue weighted by Gasteiger charge is -2.07. The third kappa shape index (κ3) is 4.08. The van der Waals surface area contributed by atoms with Crippen LogP contribution in [0.3, 0.4) is 0 Å². The number of nitrogens with one attached hydrogen (secondary N) is 1. The predicted octanol–water partition coefficient (Wildman–Crippen LogP) is 4.73. The molecule has 0 saturated heterocycles. The second-order valence-corrected chi connectivity index (χ2v) is 7.52. The van der Waals surface area contributed by atoms with Crippen molar-refractivity contribution in [2.45, 2.75) is 33.8 Å². The minimum absolute atomic E-state index is 0.174. The molecular weight excluding hydrogens is 348 g/mol. The molecule has 0 unspecified atom stereocenters. The molecule has 134 valence electrons. The number of thiazole rings is 1. The van der Waals surface area contributed by atoms with Crippen molar-refractivity contribution in [3.63, 3.8) is 0 Å². The van der Waals surface area contributed by atoms with Crippen LogP contribution in [0.1, 0.15) is 45.7 Å². The number of rotatable bonds is 4. The van der Waals surface area contributed by atoms with E-state index >= 15 is 0 Å². The molecule has 0 aliphatic heterocycles. The zero-order chi connectivity index (χ0) is 18.8. The number of esters is 1. The maximum absolute atomic E-state index is 12.5. The molecule has 1 amide bonds. The van der Waals surface area contributed by atoms with Crippen molar-refractivity contribution in [3.05, 3.63) is 58.7 Å². The summed E-state index contributed by atoms with van der Waals surface area (Å²) in [5.41, 5.74) is 3.87. The van der Waals surface area contributed by atoms with Gasteiger partial charge in [0.05, 0.1) is 21.9 Å². The molecule has 0 saturated carbocycles. The van der Waals surface area contributed by atoms with Crippen molar-refractivity contribution in [2.75, 3.05) is 5.32 Å². The van der Waals surface area contributed by atoms with Crippen molar-refractivity contribution in [2.24, 2.45) is 0 Å². The van der Waals surface area contributed by atoms with E-state index in [1.807, 2.05) is 45.9 Å². The number of carbonyl (C=O) groups is 2. The average Bonchev–Trinajstić information content (AvgIpc) is 2.94. The van der Waals surface area contributed by atoms with E-state index in [1.165, 1.54) is 11.3 Å². The number of fused-ring (bicyclic) bond motifs is 1. The molecule has 3 rings (SSSR count). The van der Waals surface area contributed by atoms with Gasteiger partial charge in [-0.25, -0.2) is 9.78 Å². The largest absolute Gasteiger partial charge is 0.459 e. The standard InChI is InChI=1S/C20H20N2O3S/c1-11(2)25-19(24)14-5-6-16-17(10-14)26-20(21-16)22-18(23)15-8-12(3)7-13(4)9-15/h5-11H,1-4H3,(H,21,22,23). The number of hydrogen-bond acceptors (Lipinski definition) is 5. The first-order chi connectivity index (χ1) is 12.3. The van der Waals surface area contributed by atoms with Gasteiger partial charge in [-0.2, -0.15) is 0 Å². The number of hydrogen-bond donors (Lipinski definition) is 1. The lowest BCUT2D eigenvalue weighted by atomic mass is 10.1. The lowest BCUT2D eigenvalue weighted by molar-refractivity contribution is 0.0378. The maximum atomic E-state index is 12.5. The normalized spacial score (nSPS) is 11.0. The Morgan fingerprint density at radius 3 is 2.38 bits per heavy atom. The van der Waals surface area contributed by atoms with Gasteiger partial charge in [-0.05, 0) is 58.0 Å². The topological polar surface area (TPSA) is 68.3 Å². The van der Waals surface area contributed by atoms with Gasteiger partial charge < -0.3 is 4.74 Å². The summed E-state index contributed by atoms with van der Waals surface area (Å²) >= 11 is 1.33. The SMILES string of the molecule is Cc1cc(C)cc(C(=O)Nc2nc3ccc(C(=O)OC(C)C)cc3s2)c1. The number of nitrogens with zero attached hydrogens (tertiary/aromatic N) is 1. The molecule has 0 aliphatic carbocycles. The Bertz CT molecular complexity index is 972. The Labute approximate surface area is 156 Å². The molecule has 0 fully saturated rings. The Hall–Kier alpha value is -2.73. The molecular formula is C20H20N2O3S. The van der Waals surface area contributed by atoms with Crippen molar-refractivity contribution in [3.8, 4) is 0 Å². The molecule has 0 spiro atoms. The highest BCUT2D eigenvalue weighted by Crippen LogP contribution is 2.27. The molecule has 1 heterocycles. The summed E-state index contributed by atoms with van der Waals surface area (Å²) in [5, 5.41) is 3.33. The zero-order valence-electron chi connectivity index (χ0n) is 15.1. The molecule has 1 N–H and O–H groups in total. The lowest BCUT2D eigenvalue weighted by Crippen LogP contribution is -2.12. The number of carbonyl (C=O) groups excluding carboxylic acids is 2. The van der Waals surface area contributed by atoms with Gasteiger partial charge in [-0.3, -0.25) is 10.1 Å². The van der Waals surface area contributed by atoms with Crippen LogP contribution < -0.4 is 5.32 Å². The third-order valence-electron chi connectivity index (χ3n) is 3.67. The number of ether oxygens (including phenoxy) is 1. The van der Waals surface area contributed by atoms with Crippen LogP contribution in [0.5, 0.6) is 0 Å². The Morgan fingerprint density at radius 1 is 1.04 bits per heavy atom. The highest BCUT2D eigenvalue weighted by Gasteiger charge is 2.14. The maximum Gasteiger partial charge on any atom is 0.338 e. The molecule has 3 aromatic rings. The van der Waals surface area contributed by atoms with Gasteiger partial charge in [0.15, 0.2) is 5.13 Å². The summed E-state index contributed by atoms with van der Waals surface area (Å²) < 4.78 is 6.03. The highest BCUT2D eigenvalue weighted by atomic mass is 32.1. The van der Waals surface area contributed by atoms with Crippen LogP contribution >= 0.6 is 11.3 Å². The third-order valence-corrected chi connectivity index (χ3v) is 4.60. The van der Waals surface area contributed by atoms with Crippen molar-refractivity contribution in [1.82, 2.24) is 4.98 Å². The molecule has 2 aromatic carbocycles. The molecule has 5 nitrogen and oxygen atoms in total. The van der Waals surface area contributed by atoms with E-state index in [2.05, 4.69) is 10.3 Å². The fourth-order valence-electron chi connectivity index (χ4n) is 2.66. The van der Waals surface area contributed by atoms with Crippen LogP contribution in [-0.4, -0.2) is 23.0 Å². The van der Waals surface area contributed by atoms with Crippen molar-refractivity contribution < 1.29 is 14.3 Å². The van der Waals surface area contributed by atoms with Gasteiger partial charge in [-0.1, -0.05) is 28.5 Å². The molecule has 0 atom stereocenters. The number of anilines is 1. The predicted molar refractivity (Wildman–Crippen MR) is 104 cm³/mol. The van der Waals surface area contributed by atoms with Crippen LogP contribution in [0.4, 0.5) is 5.13 Å². The Balaban J connectivity index is 1.82. The summed E-state index contributed by atoms with van der Waals surface area (Å²) in [6.45, 7) is 7.53. The fraction of sp³-hybridized carbons (Fsp3) is 0.250. The van der Waals surface area contributed by atoms with Gasteiger partial charge in [0.2, 0.25) is 0 Å². The molecule has 0 bridgehead atoms. The quantitative estimate of drug-likeness (QED) is 0.676.